The van der Waals surface area contributed by atoms with E-state index in [1.165, 1.54) is 0 Å². The number of hydrogen-bond acceptors (Lipinski definition) is 1. The van der Waals surface area contributed by atoms with Crippen molar-refractivity contribution in [2.75, 3.05) is 0 Å². The first-order valence-electron chi connectivity index (χ1n) is 11.0. The number of aryl methyl sites for hydroxylation is 1. The Labute approximate surface area is 171 Å². The van der Waals surface area contributed by atoms with E-state index in [9.17, 15) is 0 Å². The fourth-order valence-corrected chi connectivity index (χ4v) is 3.67. The summed E-state index contributed by atoms with van der Waals surface area (Å²) >= 11 is 0. The molecule has 0 unspecified atom stereocenters. The lowest BCUT2D eigenvalue weighted by Gasteiger charge is -2.15. The molecule has 140 valence electrons. The lowest BCUT2D eigenvalue weighted by atomic mass is 9.90. The van der Waals surface area contributed by atoms with Crippen LogP contribution in [0.2, 0.25) is 0 Å². The standard InChI is InChI=1S/C26H27N2/c1-17(2)23-13-18(3)19(4)25(15-23)26-24-9-8-20(22-7-6-11-27-16-22)14-21(24)10-12-28(26)5/h6-17H,1-5H3/q+1/i10D,12D,17D. The predicted molar refractivity (Wildman–Crippen MR) is 117 cm³/mol. The lowest BCUT2D eigenvalue weighted by molar-refractivity contribution is -0.659. The summed E-state index contributed by atoms with van der Waals surface area (Å²) in [4.78, 5) is 4.21. The van der Waals surface area contributed by atoms with Crippen molar-refractivity contribution >= 4 is 10.8 Å². The smallest absolute Gasteiger partial charge is 0.220 e. The fraction of sp³-hybridized carbons (Fsp3) is 0.231. The molecule has 0 aliphatic heterocycles. The number of fused-ring (bicyclic) bond motifs is 1. The molecule has 0 saturated carbocycles. The zero-order valence-electron chi connectivity index (χ0n) is 20.1. The lowest BCUT2D eigenvalue weighted by Crippen LogP contribution is -2.30. The molecule has 0 atom stereocenters. The van der Waals surface area contributed by atoms with Crippen molar-refractivity contribution in [1.82, 2.24) is 4.98 Å². The van der Waals surface area contributed by atoms with Crippen molar-refractivity contribution < 1.29 is 8.68 Å². The zero-order valence-corrected chi connectivity index (χ0v) is 17.1. The Kier molecular flexibility index (Phi) is 3.85. The molecule has 0 bridgehead atoms. The second kappa shape index (κ2) is 7.20. The molecule has 0 radical (unpaired) electrons. The maximum Gasteiger partial charge on any atom is 0.220 e. The first kappa shape index (κ1) is 15.0. The molecule has 4 rings (SSSR count). The molecule has 2 heterocycles. The summed E-state index contributed by atoms with van der Waals surface area (Å²) in [5, 5.41) is 1.67. The van der Waals surface area contributed by atoms with Gasteiger partial charge in [0.15, 0.2) is 6.17 Å². The molecule has 0 fully saturated rings. The largest absolute Gasteiger partial charge is 0.264 e. The molecule has 2 heteroatoms. The highest BCUT2D eigenvalue weighted by Gasteiger charge is 2.19. The van der Waals surface area contributed by atoms with Crippen LogP contribution in [0.3, 0.4) is 0 Å². The van der Waals surface area contributed by atoms with Crippen molar-refractivity contribution in [2.45, 2.75) is 33.6 Å². The number of rotatable bonds is 3. The highest BCUT2D eigenvalue weighted by atomic mass is 14.9. The van der Waals surface area contributed by atoms with Crippen LogP contribution < -0.4 is 4.57 Å². The van der Waals surface area contributed by atoms with Gasteiger partial charge in [-0.1, -0.05) is 32.0 Å². The third-order valence-corrected chi connectivity index (χ3v) is 5.46. The number of hydrogen-bond donors (Lipinski definition) is 0. The Morgan fingerprint density at radius 1 is 1.07 bits per heavy atom. The number of aromatic nitrogens is 2. The van der Waals surface area contributed by atoms with E-state index in [1.54, 1.807) is 10.8 Å². The van der Waals surface area contributed by atoms with E-state index in [-0.39, 0.29) is 12.2 Å². The van der Waals surface area contributed by atoms with E-state index in [0.717, 1.165) is 49.8 Å². The van der Waals surface area contributed by atoms with Crippen LogP contribution in [0.25, 0.3) is 33.2 Å². The van der Waals surface area contributed by atoms with Gasteiger partial charge in [-0.05, 0) is 71.6 Å². The summed E-state index contributed by atoms with van der Waals surface area (Å²) in [5.41, 5.74) is 7.04. The van der Waals surface area contributed by atoms with E-state index in [0.29, 0.717) is 0 Å². The van der Waals surface area contributed by atoms with Crippen LogP contribution in [0.15, 0.2) is 67.1 Å². The first-order chi connectivity index (χ1) is 14.6. The predicted octanol–water partition coefficient (Wildman–Crippen LogP) is 6.13. The van der Waals surface area contributed by atoms with E-state index < -0.39 is 5.89 Å². The molecular weight excluding hydrogens is 340 g/mol. The van der Waals surface area contributed by atoms with Crippen molar-refractivity contribution in [2.24, 2.45) is 7.05 Å². The number of benzene rings is 2. The van der Waals surface area contributed by atoms with Gasteiger partial charge in [-0.15, -0.1) is 0 Å². The van der Waals surface area contributed by atoms with Gasteiger partial charge in [0.1, 0.15) is 8.42 Å². The molecule has 0 spiro atoms. The van der Waals surface area contributed by atoms with Crippen LogP contribution >= 0.6 is 0 Å². The Bertz CT molecular complexity index is 1310. The summed E-state index contributed by atoms with van der Waals surface area (Å²) in [5.74, 6) is -0.728. The molecule has 0 saturated heterocycles. The third kappa shape index (κ3) is 3.20. The Balaban J connectivity index is 2.07. The van der Waals surface area contributed by atoms with Gasteiger partial charge >= 0.3 is 0 Å². The van der Waals surface area contributed by atoms with Crippen LogP contribution in [0.5, 0.6) is 0 Å². The monoisotopic (exact) mass is 370 g/mol. The van der Waals surface area contributed by atoms with Crippen molar-refractivity contribution in [1.29, 1.82) is 0 Å². The van der Waals surface area contributed by atoms with Gasteiger partial charge in [0.25, 0.3) is 0 Å². The summed E-state index contributed by atoms with van der Waals surface area (Å²) < 4.78 is 27.6. The maximum atomic E-state index is 8.63. The summed E-state index contributed by atoms with van der Waals surface area (Å²) in [6.45, 7) is 7.93. The minimum absolute atomic E-state index is 0.165. The van der Waals surface area contributed by atoms with E-state index >= 15 is 0 Å². The van der Waals surface area contributed by atoms with Crippen LogP contribution in [0.1, 0.15) is 40.5 Å². The van der Waals surface area contributed by atoms with E-state index in [4.69, 9.17) is 4.11 Å². The zero-order chi connectivity index (χ0) is 22.5. The topological polar surface area (TPSA) is 16.8 Å². The Hall–Kier alpha value is -3.00. The van der Waals surface area contributed by atoms with Crippen molar-refractivity contribution in [3.05, 3.63) is 83.8 Å². The Morgan fingerprint density at radius 2 is 1.89 bits per heavy atom. The molecule has 0 aliphatic rings. The molecule has 4 aromatic rings. The quantitative estimate of drug-likeness (QED) is 0.396. The summed E-state index contributed by atoms with van der Waals surface area (Å²) in [6.07, 6.45) is 3.72. The average molecular weight is 371 g/mol. The average Bonchev–Trinajstić information content (AvgIpc) is 2.74. The molecule has 28 heavy (non-hydrogen) atoms. The van der Waals surface area contributed by atoms with Gasteiger partial charge in [-0.25, -0.2) is 4.57 Å². The van der Waals surface area contributed by atoms with Gasteiger partial charge in [0, 0.05) is 25.4 Å². The molecule has 2 nitrogen and oxygen atoms in total. The molecule has 2 aromatic carbocycles. The summed E-state index contributed by atoms with van der Waals surface area (Å²) in [7, 11) is 1.84. The van der Waals surface area contributed by atoms with Crippen LogP contribution in [-0.4, -0.2) is 4.98 Å². The van der Waals surface area contributed by atoms with Gasteiger partial charge in [-0.2, -0.15) is 0 Å². The molecule has 0 aliphatic carbocycles. The van der Waals surface area contributed by atoms with Crippen LogP contribution in [0, 0.1) is 13.8 Å². The fourth-order valence-electron chi connectivity index (χ4n) is 3.67. The van der Waals surface area contributed by atoms with E-state index in [1.807, 2.05) is 57.4 Å². The highest BCUT2D eigenvalue weighted by molar-refractivity contribution is 5.96. The van der Waals surface area contributed by atoms with E-state index in [2.05, 4.69) is 31.0 Å². The minimum Gasteiger partial charge on any atom is -0.264 e. The molecular formula is C26H27N2+. The SMILES string of the molecule is [2H]c1c([2H])[n+](C)c(-c2cc(C([2H])(C)C)cc(C)c2C)c2ccc(-c3cccnc3)cc12. The minimum atomic E-state index is -0.728. The third-order valence-electron chi connectivity index (χ3n) is 5.46. The van der Waals surface area contributed by atoms with Gasteiger partial charge in [-0.3, -0.25) is 4.98 Å². The number of pyridine rings is 2. The van der Waals surface area contributed by atoms with Gasteiger partial charge in [0.2, 0.25) is 5.69 Å². The van der Waals surface area contributed by atoms with Crippen molar-refractivity contribution in [3.8, 4) is 22.4 Å². The Morgan fingerprint density at radius 3 is 2.61 bits per heavy atom. The molecule has 0 N–H and O–H groups in total. The second-order valence-electron chi connectivity index (χ2n) is 7.61. The van der Waals surface area contributed by atoms with Gasteiger partial charge < -0.3 is 0 Å². The normalized spacial score (nSPS) is 13.2. The van der Waals surface area contributed by atoms with Crippen LogP contribution in [-0.2, 0) is 7.05 Å². The maximum absolute atomic E-state index is 8.63. The van der Waals surface area contributed by atoms with Crippen LogP contribution in [0.4, 0.5) is 0 Å². The van der Waals surface area contributed by atoms with Crippen molar-refractivity contribution in [3.63, 3.8) is 0 Å². The number of nitrogens with zero attached hydrogens (tertiary/aromatic N) is 2. The van der Waals surface area contributed by atoms with Gasteiger partial charge in [0.05, 0.1) is 12.3 Å². The molecule has 2 aromatic heterocycles. The second-order valence-corrected chi connectivity index (χ2v) is 7.61. The first-order valence-corrected chi connectivity index (χ1v) is 9.55. The highest BCUT2D eigenvalue weighted by Crippen LogP contribution is 2.33. The molecule has 0 amide bonds. The summed E-state index contributed by atoms with van der Waals surface area (Å²) in [6, 6.07) is 14.3.